The Labute approximate surface area is 157 Å². The monoisotopic (exact) mass is 405 g/mol. The molecule has 118 valence electrons. The summed E-state index contributed by atoms with van der Waals surface area (Å²) < 4.78 is -1.72. The van der Waals surface area contributed by atoms with Crippen molar-refractivity contribution in [1.82, 2.24) is 9.97 Å². The van der Waals surface area contributed by atoms with Gasteiger partial charge in [-0.1, -0.05) is 70.1 Å². The third-order valence-corrected chi connectivity index (χ3v) is 4.29. The predicted octanol–water partition coefficient (Wildman–Crippen LogP) is 6.51. The van der Waals surface area contributed by atoms with E-state index in [1.807, 2.05) is 24.3 Å². The third kappa shape index (κ3) is 3.76. The summed E-state index contributed by atoms with van der Waals surface area (Å²) in [5.74, 6) is 0.596. The molecule has 0 atom stereocenters. The van der Waals surface area contributed by atoms with Crippen LogP contribution >= 0.6 is 58.0 Å². The Bertz CT molecular complexity index is 877. The van der Waals surface area contributed by atoms with Gasteiger partial charge in [0.15, 0.2) is 5.82 Å². The van der Waals surface area contributed by atoms with Crippen LogP contribution in [-0.2, 0) is 3.79 Å². The molecule has 23 heavy (non-hydrogen) atoms. The van der Waals surface area contributed by atoms with Gasteiger partial charge in [-0.3, -0.25) is 0 Å². The van der Waals surface area contributed by atoms with Crippen LogP contribution in [-0.4, -0.2) is 9.97 Å². The lowest BCUT2D eigenvalue weighted by Crippen LogP contribution is -2.09. The topological polar surface area (TPSA) is 37.8 Å². The maximum atomic E-state index is 6.03. The van der Waals surface area contributed by atoms with E-state index >= 15 is 0 Å². The van der Waals surface area contributed by atoms with Gasteiger partial charge in [-0.15, -0.1) is 0 Å². The Kier molecular flexibility index (Phi) is 4.77. The molecule has 0 aliphatic heterocycles. The summed E-state index contributed by atoms with van der Waals surface area (Å²) in [4.78, 5) is 8.61. The van der Waals surface area contributed by atoms with Gasteiger partial charge >= 0.3 is 0 Å². The lowest BCUT2D eigenvalue weighted by atomic mass is 10.2. The molecular formula is C15H8Cl5N3. The van der Waals surface area contributed by atoms with E-state index in [-0.39, 0.29) is 5.82 Å². The molecule has 0 saturated carbocycles. The number of halogens is 5. The molecule has 1 N–H and O–H groups in total. The molecule has 3 rings (SSSR count). The highest BCUT2D eigenvalue weighted by molar-refractivity contribution is 6.66. The van der Waals surface area contributed by atoms with E-state index in [2.05, 4.69) is 15.3 Å². The number of rotatable bonds is 2. The Balaban J connectivity index is 2.13. The molecule has 8 heteroatoms. The number of nitrogens with zero attached hydrogens (tertiary/aromatic N) is 2. The van der Waals surface area contributed by atoms with Crippen LogP contribution < -0.4 is 5.32 Å². The average molecular weight is 408 g/mol. The van der Waals surface area contributed by atoms with Gasteiger partial charge in [0.2, 0.25) is 3.79 Å². The Morgan fingerprint density at radius 3 is 2.30 bits per heavy atom. The first-order valence-electron chi connectivity index (χ1n) is 6.40. The second kappa shape index (κ2) is 6.50. The number of hydrogen-bond donors (Lipinski definition) is 1. The second-order valence-electron chi connectivity index (χ2n) is 4.66. The summed E-state index contributed by atoms with van der Waals surface area (Å²) in [6.07, 6.45) is 0. The number of nitrogens with one attached hydrogen (secondary N) is 1. The number of para-hydroxylation sites is 1. The minimum atomic E-state index is -1.72. The van der Waals surface area contributed by atoms with Crippen LogP contribution in [0.5, 0.6) is 0 Å². The molecule has 1 aromatic heterocycles. The normalized spacial score (nSPS) is 11.7. The molecule has 0 aliphatic rings. The van der Waals surface area contributed by atoms with Crippen molar-refractivity contribution in [1.29, 1.82) is 0 Å². The van der Waals surface area contributed by atoms with Gasteiger partial charge in [-0.05, 0) is 30.3 Å². The summed E-state index contributed by atoms with van der Waals surface area (Å²) in [6.45, 7) is 0. The molecule has 1 heterocycles. The van der Waals surface area contributed by atoms with Crippen molar-refractivity contribution in [2.45, 2.75) is 3.79 Å². The van der Waals surface area contributed by atoms with Gasteiger partial charge in [0.25, 0.3) is 0 Å². The van der Waals surface area contributed by atoms with Crippen LogP contribution in [0.4, 0.5) is 11.5 Å². The predicted molar refractivity (Wildman–Crippen MR) is 98.5 cm³/mol. The minimum absolute atomic E-state index is 0.0868. The summed E-state index contributed by atoms with van der Waals surface area (Å²) in [6, 6.07) is 12.6. The van der Waals surface area contributed by atoms with Crippen molar-refractivity contribution in [3.63, 3.8) is 0 Å². The highest BCUT2D eigenvalue weighted by Gasteiger charge is 2.28. The Morgan fingerprint density at radius 1 is 0.870 bits per heavy atom. The van der Waals surface area contributed by atoms with Crippen molar-refractivity contribution in [2.75, 3.05) is 5.32 Å². The highest BCUT2D eigenvalue weighted by atomic mass is 35.6. The van der Waals surface area contributed by atoms with Gasteiger partial charge in [-0.25, -0.2) is 9.97 Å². The molecule has 0 spiro atoms. The number of hydrogen-bond acceptors (Lipinski definition) is 3. The van der Waals surface area contributed by atoms with Crippen LogP contribution in [0.25, 0.3) is 10.9 Å². The number of aromatic nitrogens is 2. The zero-order chi connectivity index (χ0) is 16.6. The SMILES string of the molecule is Clc1ccc(Nc2nc(C(Cl)(Cl)Cl)nc3ccccc23)cc1Cl. The number of fused-ring (bicyclic) bond motifs is 1. The molecule has 0 fully saturated rings. The molecule has 2 aromatic carbocycles. The van der Waals surface area contributed by atoms with Crippen LogP contribution in [0.1, 0.15) is 5.82 Å². The van der Waals surface area contributed by atoms with Crippen LogP contribution in [0.3, 0.4) is 0 Å². The quantitative estimate of drug-likeness (QED) is 0.492. The van der Waals surface area contributed by atoms with Crippen LogP contribution in [0.15, 0.2) is 42.5 Å². The fourth-order valence-electron chi connectivity index (χ4n) is 2.01. The summed E-state index contributed by atoms with van der Waals surface area (Å²) >= 11 is 29.7. The maximum Gasteiger partial charge on any atom is 0.250 e. The van der Waals surface area contributed by atoms with E-state index in [4.69, 9.17) is 58.0 Å². The molecule has 0 saturated heterocycles. The van der Waals surface area contributed by atoms with Crippen molar-refractivity contribution in [2.24, 2.45) is 0 Å². The molecule has 0 bridgehead atoms. The number of anilines is 2. The molecule has 0 amide bonds. The molecule has 0 unspecified atom stereocenters. The summed E-state index contributed by atoms with van der Waals surface area (Å²) in [5.41, 5.74) is 1.37. The maximum absolute atomic E-state index is 6.03. The smallest absolute Gasteiger partial charge is 0.250 e. The Morgan fingerprint density at radius 2 is 1.61 bits per heavy atom. The fourth-order valence-corrected chi connectivity index (χ4v) is 2.56. The van der Waals surface area contributed by atoms with Gasteiger partial charge in [-0.2, -0.15) is 0 Å². The van der Waals surface area contributed by atoms with Crippen LogP contribution in [0, 0.1) is 0 Å². The van der Waals surface area contributed by atoms with Crippen molar-refractivity contribution >= 4 is 80.4 Å². The number of alkyl halides is 3. The third-order valence-electron chi connectivity index (χ3n) is 3.04. The molecule has 3 nitrogen and oxygen atoms in total. The summed E-state index contributed by atoms with van der Waals surface area (Å²) in [7, 11) is 0. The standard InChI is InChI=1S/C15H8Cl5N3/c16-10-6-5-8(7-11(10)17)21-13-9-3-1-2-4-12(9)22-14(23-13)15(18,19)20/h1-7H,(H,21,22,23). The molecule has 0 aliphatic carbocycles. The summed E-state index contributed by atoms with van der Waals surface area (Å²) in [5, 5.41) is 4.84. The lowest BCUT2D eigenvalue weighted by Gasteiger charge is -2.14. The van der Waals surface area contributed by atoms with E-state index in [0.29, 0.717) is 27.1 Å². The largest absolute Gasteiger partial charge is 0.340 e. The van der Waals surface area contributed by atoms with Gasteiger partial charge in [0.1, 0.15) is 5.82 Å². The van der Waals surface area contributed by atoms with E-state index in [9.17, 15) is 0 Å². The Hall–Kier alpha value is -0.970. The van der Waals surface area contributed by atoms with Crippen molar-refractivity contribution < 1.29 is 0 Å². The minimum Gasteiger partial charge on any atom is -0.340 e. The van der Waals surface area contributed by atoms with Crippen molar-refractivity contribution in [3.8, 4) is 0 Å². The zero-order valence-electron chi connectivity index (χ0n) is 11.3. The zero-order valence-corrected chi connectivity index (χ0v) is 15.1. The van der Waals surface area contributed by atoms with E-state index in [1.54, 1.807) is 18.2 Å². The van der Waals surface area contributed by atoms with Gasteiger partial charge < -0.3 is 5.32 Å². The first-order chi connectivity index (χ1) is 10.8. The highest BCUT2D eigenvalue weighted by Crippen LogP contribution is 2.38. The molecular weight excluding hydrogens is 399 g/mol. The first kappa shape index (κ1) is 16.9. The van der Waals surface area contributed by atoms with E-state index in [0.717, 1.165) is 5.39 Å². The fraction of sp³-hybridized carbons (Fsp3) is 0.0667. The van der Waals surface area contributed by atoms with Gasteiger partial charge in [0.05, 0.1) is 15.6 Å². The molecule has 3 aromatic rings. The van der Waals surface area contributed by atoms with E-state index in [1.165, 1.54) is 0 Å². The van der Waals surface area contributed by atoms with Crippen molar-refractivity contribution in [3.05, 3.63) is 58.3 Å². The van der Waals surface area contributed by atoms with Crippen LogP contribution in [0.2, 0.25) is 10.0 Å². The lowest BCUT2D eigenvalue weighted by molar-refractivity contribution is 0.999. The first-order valence-corrected chi connectivity index (χ1v) is 8.29. The van der Waals surface area contributed by atoms with E-state index < -0.39 is 3.79 Å². The number of benzene rings is 2. The second-order valence-corrected chi connectivity index (χ2v) is 7.76. The average Bonchev–Trinajstić information content (AvgIpc) is 2.50. The van der Waals surface area contributed by atoms with Gasteiger partial charge in [0, 0.05) is 11.1 Å². The molecule has 0 radical (unpaired) electrons.